The van der Waals surface area contributed by atoms with Crippen molar-refractivity contribution in [2.24, 2.45) is 11.8 Å². The van der Waals surface area contributed by atoms with Gasteiger partial charge in [0.25, 0.3) is 11.1 Å². The minimum atomic E-state index is -2.85. The highest BCUT2D eigenvalue weighted by Gasteiger charge is 2.27. The molecular weight excluding hydrogens is 434 g/mol. The Balaban J connectivity index is 1.17. The highest BCUT2D eigenvalue weighted by Crippen LogP contribution is 2.34. The zero-order valence-electron chi connectivity index (χ0n) is 18.4. The van der Waals surface area contributed by atoms with E-state index in [1.54, 1.807) is 18.5 Å². The molecule has 0 atom stereocenters. The average molecular weight is 465 g/mol. The number of fused-ring (bicyclic) bond motifs is 1. The van der Waals surface area contributed by atoms with Crippen molar-refractivity contribution in [1.82, 2.24) is 20.1 Å². The molecule has 4 rings (SSSR count). The molecule has 0 aromatic carbocycles. The molecule has 0 N–H and O–H groups in total. The van der Waals surface area contributed by atoms with Gasteiger partial charge in [-0.25, -0.2) is 13.8 Å². The van der Waals surface area contributed by atoms with Crippen LogP contribution in [0.3, 0.4) is 0 Å². The number of alkyl halides is 2. The Labute approximate surface area is 191 Å². The van der Waals surface area contributed by atoms with E-state index in [1.807, 2.05) is 0 Å². The van der Waals surface area contributed by atoms with Gasteiger partial charge < -0.3 is 4.74 Å². The summed E-state index contributed by atoms with van der Waals surface area (Å²) in [5.74, 6) is -1.51. The van der Waals surface area contributed by atoms with Gasteiger partial charge in [0.05, 0.1) is 18.1 Å². The fourth-order valence-corrected chi connectivity index (χ4v) is 5.50. The largest absolute Gasteiger partial charge is 0.464 e. The summed E-state index contributed by atoms with van der Waals surface area (Å²) in [5.41, 5.74) is 1.63. The van der Waals surface area contributed by atoms with Crippen molar-refractivity contribution in [2.75, 3.05) is 19.7 Å². The third kappa shape index (κ3) is 6.51. The monoisotopic (exact) mass is 464 g/mol. The first-order chi connectivity index (χ1) is 15.4. The first-order valence-corrected chi connectivity index (χ1v) is 12.2. The number of thiazole rings is 1. The summed E-state index contributed by atoms with van der Waals surface area (Å²) in [7, 11) is 0. The lowest BCUT2D eigenvalue weighted by molar-refractivity contribution is -0.0230. The predicted molar refractivity (Wildman–Crippen MR) is 118 cm³/mol. The molecule has 1 saturated carbocycles. The van der Waals surface area contributed by atoms with Crippen molar-refractivity contribution in [3.63, 3.8) is 0 Å². The summed E-state index contributed by atoms with van der Waals surface area (Å²) < 4.78 is 31.2. The van der Waals surface area contributed by atoms with E-state index < -0.39 is 12.5 Å². The molecule has 32 heavy (non-hydrogen) atoms. The lowest BCUT2D eigenvalue weighted by Crippen LogP contribution is -2.32. The lowest BCUT2D eigenvalue weighted by Gasteiger charge is -2.31. The quantitative estimate of drug-likeness (QED) is 0.497. The number of carbonyl (C=O) groups excluding carboxylic acids is 1. The summed E-state index contributed by atoms with van der Waals surface area (Å²) in [4.78, 5) is 20.4. The van der Waals surface area contributed by atoms with Crippen molar-refractivity contribution >= 4 is 17.1 Å². The van der Waals surface area contributed by atoms with Crippen LogP contribution in [-0.2, 0) is 13.0 Å². The van der Waals surface area contributed by atoms with E-state index >= 15 is 0 Å². The first-order valence-electron chi connectivity index (χ1n) is 11.4. The third-order valence-corrected chi connectivity index (χ3v) is 7.51. The maximum absolute atomic E-state index is 13.0. The van der Waals surface area contributed by atoms with Crippen molar-refractivity contribution in [1.29, 1.82) is 0 Å². The molecule has 174 valence electrons. The van der Waals surface area contributed by atoms with Gasteiger partial charge in [0.1, 0.15) is 0 Å². The first kappa shape index (κ1) is 23.2. The van der Waals surface area contributed by atoms with Crippen LogP contribution in [0.15, 0.2) is 18.5 Å². The highest BCUT2D eigenvalue weighted by atomic mass is 32.1. The maximum Gasteiger partial charge on any atom is 0.278 e. The molecule has 0 unspecified atom stereocenters. The smallest absolute Gasteiger partial charge is 0.278 e. The van der Waals surface area contributed by atoms with Crippen LogP contribution in [0.2, 0.25) is 0 Å². The fourth-order valence-electron chi connectivity index (χ4n) is 4.60. The van der Waals surface area contributed by atoms with E-state index in [0.717, 1.165) is 62.8 Å². The predicted octanol–water partition coefficient (Wildman–Crippen LogP) is 4.79. The van der Waals surface area contributed by atoms with Gasteiger partial charge in [-0.05, 0) is 50.1 Å². The van der Waals surface area contributed by atoms with Gasteiger partial charge in [0, 0.05) is 36.9 Å². The zero-order chi connectivity index (χ0) is 22.6. The van der Waals surface area contributed by atoms with Crippen molar-refractivity contribution in [2.45, 2.75) is 64.3 Å². The lowest BCUT2D eigenvalue weighted by atomic mass is 9.78. The Hall–Kier alpha value is -2.00. The van der Waals surface area contributed by atoms with Crippen LogP contribution in [0.4, 0.5) is 8.78 Å². The normalized spacial score (nSPS) is 21.8. The molecule has 1 aliphatic heterocycles. The number of carbonyl (C=O) groups is 1. The van der Waals surface area contributed by atoms with E-state index in [1.165, 1.54) is 24.2 Å². The number of nitrogens with zero attached hydrogens (tertiary/aromatic N) is 4. The highest BCUT2D eigenvalue weighted by molar-refractivity contribution is 7.13. The Morgan fingerprint density at radius 1 is 1.25 bits per heavy atom. The van der Waals surface area contributed by atoms with E-state index in [-0.39, 0.29) is 5.78 Å². The minimum Gasteiger partial charge on any atom is -0.464 e. The molecule has 1 aliphatic carbocycles. The SMILES string of the molecule is CC(F)(F)COc1nc2c(s1)CCN(CCC1CCC(CC(=O)c3ccnnc3)CC1)C2. The van der Waals surface area contributed by atoms with Gasteiger partial charge in [-0.15, -0.1) is 0 Å². The zero-order valence-corrected chi connectivity index (χ0v) is 19.3. The molecule has 0 amide bonds. The standard InChI is InChI=1S/C23H30F2N4O2S/c1-23(24,25)15-31-22-28-19-14-29(11-8-21(19)32-22)10-7-16-2-4-17(5-3-16)12-20(30)18-6-9-26-27-13-18/h6,9,13,16-17H,2-5,7-8,10-12,14-15H2,1H3. The number of rotatable bonds is 9. The minimum absolute atomic E-state index is 0.168. The second kappa shape index (κ2) is 10.3. The number of ketones is 1. The van der Waals surface area contributed by atoms with Crippen LogP contribution in [0.5, 0.6) is 5.19 Å². The van der Waals surface area contributed by atoms with Crippen molar-refractivity contribution < 1.29 is 18.3 Å². The molecule has 3 heterocycles. The molecule has 0 bridgehead atoms. The molecule has 0 spiro atoms. The second-order valence-electron chi connectivity index (χ2n) is 9.17. The molecule has 1 fully saturated rings. The maximum atomic E-state index is 13.0. The molecule has 0 saturated heterocycles. The average Bonchev–Trinajstić information content (AvgIpc) is 3.20. The van der Waals surface area contributed by atoms with Crippen molar-refractivity contribution in [3.8, 4) is 5.19 Å². The summed E-state index contributed by atoms with van der Waals surface area (Å²) in [5, 5.41) is 7.88. The van der Waals surface area contributed by atoms with Crippen LogP contribution < -0.4 is 4.74 Å². The van der Waals surface area contributed by atoms with Gasteiger partial charge in [0.15, 0.2) is 12.4 Å². The van der Waals surface area contributed by atoms with Crippen LogP contribution in [-0.4, -0.2) is 51.5 Å². The molecule has 6 nitrogen and oxygen atoms in total. The van der Waals surface area contributed by atoms with E-state index in [9.17, 15) is 13.6 Å². The van der Waals surface area contributed by atoms with Gasteiger partial charge >= 0.3 is 0 Å². The summed E-state index contributed by atoms with van der Waals surface area (Å²) >= 11 is 1.40. The van der Waals surface area contributed by atoms with E-state index in [4.69, 9.17) is 4.74 Å². The van der Waals surface area contributed by atoms with Gasteiger partial charge in [-0.3, -0.25) is 9.69 Å². The molecule has 2 aromatic heterocycles. The number of hydrogen-bond donors (Lipinski definition) is 0. The van der Waals surface area contributed by atoms with E-state index in [2.05, 4.69) is 20.1 Å². The number of ether oxygens (including phenoxy) is 1. The van der Waals surface area contributed by atoms with Gasteiger partial charge in [-0.1, -0.05) is 24.2 Å². The van der Waals surface area contributed by atoms with Gasteiger partial charge in [0.2, 0.25) is 0 Å². The molecular formula is C23H30F2N4O2S. The number of Topliss-reactive ketones (excluding diaryl/α,β-unsaturated/α-hetero) is 1. The Morgan fingerprint density at radius 3 is 2.75 bits per heavy atom. The number of hydrogen-bond acceptors (Lipinski definition) is 7. The van der Waals surface area contributed by atoms with Crippen LogP contribution >= 0.6 is 11.3 Å². The molecule has 0 radical (unpaired) electrons. The van der Waals surface area contributed by atoms with Crippen molar-refractivity contribution in [3.05, 3.63) is 34.6 Å². The van der Waals surface area contributed by atoms with Gasteiger partial charge in [-0.2, -0.15) is 10.2 Å². The molecule has 2 aromatic rings. The van der Waals surface area contributed by atoms with Crippen LogP contribution in [0.25, 0.3) is 0 Å². The Bertz CT molecular complexity index is 895. The second-order valence-corrected chi connectivity index (χ2v) is 10.2. The third-order valence-electron chi connectivity index (χ3n) is 6.44. The number of halogens is 2. The number of aromatic nitrogens is 3. The summed E-state index contributed by atoms with van der Waals surface area (Å²) in [6.07, 6.45) is 10.3. The van der Waals surface area contributed by atoms with Crippen LogP contribution in [0, 0.1) is 11.8 Å². The summed E-state index contributed by atoms with van der Waals surface area (Å²) in [6.45, 7) is 2.99. The molecule has 2 aliphatic rings. The fraction of sp³-hybridized carbons (Fsp3) is 0.652. The van der Waals surface area contributed by atoms with Crippen LogP contribution in [0.1, 0.15) is 66.4 Å². The van der Waals surface area contributed by atoms with E-state index in [0.29, 0.717) is 29.0 Å². The topological polar surface area (TPSA) is 68.2 Å². The Morgan fingerprint density at radius 2 is 2.03 bits per heavy atom. The Kier molecular flexibility index (Phi) is 7.45. The summed E-state index contributed by atoms with van der Waals surface area (Å²) in [6, 6.07) is 1.74. The molecule has 9 heteroatoms.